The average molecular weight is 221 g/mol. The monoisotopic (exact) mass is 221 g/mol. The van der Waals surface area contributed by atoms with Crippen LogP contribution in [0.3, 0.4) is 0 Å². The van der Waals surface area contributed by atoms with E-state index in [1.165, 1.54) is 18.4 Å². The molecule has 4 N–H and O–H groups in total. The van der Waals surface area contributed by atoms with E-state index in [0.29, 0.717) is 12.5 Å². The van der Waals surface area contributed by atoms with Crippen molar-refractivity contribution in [3.05, 3.63) is 24.0 Å². The van der Waals surface area contributed by atoms with Gasteiger partial charge >= 0.3 is 0 Å². The highest BCUT2D eigenvalue weighted by atomic mass is 16.1. The maximum Gasteiger partial charge on any atom is 0.222 e. The number of aromatic nitrogens is 1. The molecule has 0 bridgehead atoms. The lowest BCUT2D eigenvalue weighted by molar-refractivity contribution is -0.121. The minimum atomic E-state index is -0.262. The predicted octanol–water partition coefficient (Wildman–Crippen LogP) is 1.02. The molecule has 88 valence electrons. The smallest absolute Gasteiger partial charge is 0.222 e. The lowest BCUT2D eigenvalue weighted by Crippen LogP contribution is -2.24. The van der Waals surface area contributed by atoms with Crippen LogP contribution in [0.4, 0.5) is 0 Å². The number of rotatable bonds is 5. The number of hydrogen-bond acceptors (Lipinski definition) is 2. The summed E-state index contributed by atoms with van der Waals surface area (Å²) in [6, 6.07) is 2.20. The van der Waals surface area contributed by atoms with E-state index in [1.807, 2.05) is 30.0 Å². The third-order valence-electron chi connectivity index (χ3n) is 3.26. The Labute approximate surface area is 95.6 Å². The van der Waals surface area contributed by atoms with Gasteiger partial charge in [0.15, 0.2) is 0 Å². The van der Waals surface area contributed by atoms with E-state index >= 15 is 0 Å². The first-order chi connectivity index (χ1) is 7.58. The van der Waals surface area contributed by atoms with Gasteiger partial charge in [0.2, 0.25) is 5.91 Å². The van der Waals surface area contributed by atoms with Gasteiger partial charge in [-0.3, -0.25) is 4.79 Å². The first-order valence-electron chi connectivity index (χ1n) is 5.78. The maximum absolute atomic E-state index is 10.9. The maximum atomic E-state index is 10.9. The number of hydrogen-bond donors (Lipinski definition) is 2. The Kier molecular flexibility index (Phi) is 3.01. The Bertz CT molecular complexity index is 381. The van der Waals surface area contributed by atoms with E-state index in [2.05, 4.69) is 0 Å². The van der Waals surface area contributed by atoms with Crippen molar-refractivity contribution in [2.24, 2.45) is 23.3 Å². The molecule has 0 spiro atoms. The molecule has 0 saturated heterocycles. The second-order valence-electron chi connectivity index (χ2n) is 4.81. The predicted molar refractivity (Wildman–Crippen MR) is 62.4 cm³/mol. The molecule has 1 fully saturated rings. The minimum Gasteiger partial charge on any atom is -0.369 e. The van der Waals surface area contributed by atoms with Crippen molar-refractivity contribution in [1.29, 1.82) is 0 Å². The van der Waals surface area contributed by atoms with Crippen LogP contribution in [0.25, 0.3) is 0 Å². The molecule has 0 aromatic carbocycles. The van der Waals surface area contributed by atoms with Gasteiger partial charge in [-0.25, -0.2) is 0 Å². The third-order valence-corrected chi connectivity index (χ3v) is 3.26. The molecule has 1 aliphatic rings. The van der Waals surface area contributed by atoms with Gasteiger partial charge in [-0.2, -0.15) is 0 Å². The fraction of sp³-hybridized carbons (Fsp3) is 0.583. The van der Waals surface area contributed by atoms with E-state index in [0.717, 1.165) is 0 Å². The van der Waals surface area contributed by atoms with Crippen LogP contribution in [-0.4, -0.2) is 10.5 Å². The van der Waals surface area contributed by atoms with Crippen LogP contribution >= 0.6 is 0 Å². The molecule has 1 aromatic rings. The number of primary amides is 1. The van der Waals surface area contributed by atoms with Gasteiger partial charge < -0.3 is 16.0 Å². The quantitative estimate of drug-likeness (QED) is 0.779. The summed E-state index contributed by atoms with van der Waals surface area (Å²) in [6.45, 7) is 2.47. The Hall–Kier alpha value is -1.29. The number of carbonyl (C=O) groups is 1. The second-order valence-corrected chi connectivity index (χ2v) is 4.81. The van der Waals surface area contributed by atoms with Crippen LogP contribution in [0.1, 0.15) is 31.4 Å². The molecule has 2 atom stereocenters. The average Bonchev–Trinajstić information content (AvgIpc) is 2.98. The molecule has 0 radical (unpaired) electrons. The first-order valence-corrected chi connectivity index (χ1v) is 5.78. The third kappa shape index (κ3) is 2.44. The van der Waals surface area contributed by atoms with Crippen molar-refractivity contribution in [1.82, 2.24) is 4.57 Å². The molecule has 4 heteroatoms. The summed E-state index contributed by atoms with van der Waals surface area (Å²) in [5.41, 5.74) is 12.5. The lowest BCUT2D eigenvalue weighted by Gasteiger charge is -2.09. The summed E-state index contributed by atoms with van der Waals surface area (Å²) in [6.07, 6.45) is 6.48. The molecule has 2 rings (SSSR count). The molecule has 1 aromatic heterocycles. The van der Waals surface area contributed by atoms with Gasteiger partial charge in [-0.15, -0.1) is 0 Å². The molecule has 1 aliphatic carbocycles. The van der Waals surface area contributed by atoms with Crippen LogP contribution in [0.5, 0.6) is 0 Å². The largest absolute Gasteiger partial charge is 0.369 e. The number of nitrogens with two attached hydrogens (primary N) is 2. The van der Waals surface area contributed by atoms with E-state index in [9.17, 15) is 4.79 Å². The molecule has 1 saturated carbocycles. The highest BCUT2D eigenvalue weighted by Gasteiger charge is 2.29. The second kappa shape index (κ2) is 4.29. The summed E-state index contributed by atoms with van der Waals surface area (Å²) in [5, 5.41) is 0. The van der Waals surface area contributed by atoms with Gasteiger partial charge in [0.1, 0.15) is 0 Å². The fourth-order valence-electron chi connectivity index (χ4n) is 1.90. The van der Waals surface area contributed by atoms with Crippen LogP contribution in [0.15, 0.2) is 18.5 Å². The van der Waals surface area contributed by atoms with E-state index in [1.54, 1.807) is 0 Å². The van der Waals surface area contributed by atoms with Gasteiger partial charge in [0.05, 0.1) is 5.92 Å². The normalized spacial score (nSPS) is 19.4. The van der Waals surface area contributed by atoms with Crippen molar-refractivity contribution < 1.29 is 4.79 Å². The van der Waals surface area contributed by atoms with E-state index in [4.69, 9.17) is 11.5 Å². The summed E-state index contributed by atoms with van der Waals surface area (Å²) >= 11 is 0. The number of carbonyl (C=O) groups excluding carboxylic acids is 1. The van der Waals surface area contributed by atoms with Crippen LogP contribution in [-0.2, 0) is 11.3 Å². The number of nitrogens with zero attached hydrogens (tertiary/aromatic N) is 1. The van der Waals surface area contributed by atoms with Crippen molar-refractivity contribution in [2.45, 2.75) is 32.4 Å². The molecule has 16 heavy (non-hydrogen) atoms. The SMILES string of the molecule is CC(Cn1ccc(C(N)C2CC2)c1)C(N)=O. The molecular weight excluding hydrogens is 202 g/mol. The van der Waals surface area contributed by atoms with E-state index < -0.39 is 0 Å². The van der Waals surface area contributed by atoms with Crippen molar-refractivity contribution in [3.63, 3.8) is 0 Å². The molecule has 2 unspecified atom stereocenters. The van der Waals surface area contributed by atoms with Gasteiger partial charge in [0, 0.05) is 25.0 Å². The van der Waals surface area contributed by atoms with Crippen molar-refractivity contribution in [2.75, 3.05) is 0 Å². The summed E-state index contributed by atoms with van der Waals surface area (Å²) in [4.78, 5) is 10.9. The summed E-state index contributed by atoms with van der Waals surface area (Å²) < 4.78 is 1.99. The van der Waals surface area contributed by atoms with Gasteiger partial charge in [-0.05, 0) is 30.4 Å². The van der Waals surface area contributed by atoms with Crippen LogP contribution in [0, 0.1) is 11.8 Å². The molecular formula is C12H19N3O. The zero-order chi connectivity index (χ0) is 11.7. The fourth-order valence-corrected chi connectivity index (χ4v) is 1.90. The first kappa shape index (κ1) is 11.2. The minimum absolute atomic E-state index is 0.141. The standard InChI is InChI=1S/C12H19N3O/c1-8(12(14)16)6-15-5-4-10(7-15)11(13)9-2-3-9/h4-5,7-9,11H,2-3,6,13H2,1H3,(H2,14,16). The molecule has 1 heterocycles. The Morgan fingerprint density at radius 1 is 1.62 bits per heavy atom. The van der Waals surface area contributed by atoms with Crippen LogP contribution in [0.2, 0.25) is 0 Å². The highest BCUT2D eigenvalue weighted by molar-refractivity contribution is 5.76. The zero-order valence-corrected chi connectivity index (χ0v) is 9.60. The summed E-state index contributed by atoms with van der Waals surface area (Å²) in [7, 11) is 0. The summed E-state index contributed by atoms with van der Waals surface area (Å²) in [5.74, 6) is 0.253. The highest BCUT2D eigenvalue weighted by Crippen LogP contribution is 2.39. The Balaban J connectivity index is 1.98. The number of amides is 1. The van der Waals surface area contributed by atoms with E-state index in [-0.39, 0.29) is 17.9 Å². The molecule has 0 aliphatic heterocycles. The zero-order valence-electron chi connectivity index (χ0n) is 9.60. The lowest BCUT2D eigenvalue weighted by atomic mass is 10.1. The van der Waals surface area contributed by atoms with Crippen molar-refractivity contribution >= 4 is 5.91 Å². The van der Waals surface area contributed by atoms with Gasteiger partial charge in [0.25, 0.3) is 0 Å². The van der Waals surface area contributed by atoms with Crippen molar-refractivity contribution in [3.8, 4) is 0 Å². The Morgan fingerprint density at radius 3 is 2.88 bits per heavy atom. The van der Waals surface area contributed by atoms with Crippen LogP contribution < -0.4 is 11.5 Å². The Morgan fingerprint density at radius 2 is 2.31 bits per heavy atom. The molecule has 4 nitrogen and oxygen atoms in total. The van der Waals surface area contributed by atoms with Gasteiger partial charge in [-0.1, -0.05) is 6.92 Å². The molecule has 1 amide bonds. The topological polar surface area (TPSA) is 74.0 Å².